The lowest BCUT2D eigenvalue weighted by Crippen LogP contribution is -2.63. The van der Waals surface area contributed by atoms with Gasteiger partial charge in [0.1, 0.15) is 23.7 Å². The minimum atomic E-state index is -0.666. The van der Waals surface area contributed by atoms with E-state index < -0.39 is 36.0 Å². The summed E-state index contributed by atoms with van der Waals surface area (Å²) >= 11 is 1.59. The third kappa shape index (κ3) is 5.86. The van der Waals surface area contributed by atoms with Gasteiger partial charge in [-0.3, -0.25) is 0 Å². The predicted octanol–water partition coefficient (Wildman–Crippen LogP) is 4.76. The number of carbonyl (C=O) groups is 1. The lowest BCUT2D eigenvalue weighted by molar-refractivity contribution is -0.322. The van der Waals surface area contributed by atoms with Crippen LogP contribution in [0.25, 0.3) is 0 Å². The number of thioether (sulfide) groups is 1. The number of carbonyl (C=O) groups excluding carboxylic acids is 1. The zero-order valence-corrected chi connectivity index (χ0v) is 19.7. The first-order chi connectivity index (χ1) is 16.1. The van der Waals surface area contributed by atoms with Crippen molar-refractivity contribution in [2.75, 3.05) is 13.2 Å². The molecule has 6 nitrogen and oxygen atoms in total. The van der Waals surface area contributed by atoms with Crippen LogP contribution >= 0.6 is 11.8 Å². The monoisotopic (exact) mass is 470 g/mol. The number of rotatable bonds is 8. The van der Waals surface area contributed by atoms with E-state index in [2.05, 4.69) is 20.4 Å². The molecule has 176 valence electrons. The molecule has 6 atom stereocenters. The van der Waals surface area contributed by atoms with Gasteiger partial charge in [0.25, 0.3) is 0 Å². The van der Waals surface area contributed by atoms with Gasteiger partial charge in [-0.25, -0.2) is 4.79 Å². The van der Waals surface area contributed by atoms with Gasteiger partial charge in [0.15, 0.2) is 12.4 Å². The van der Waals surface area contributed by atoms with Gasteiger partial charge in [-0.2, -0.15) is 0 Å². The smallest absolute Gasteiger partial charge is 0.338 e. The molecule has 2 aromatic carbocycles. The fourth-order valence-corrected chi connectivity index (χ4v) is 5.07. The summed E-state index contributed by atoms with van der Waals surface area (Å²) in [5.41, 5.74) is 0.967. The van der Waals surface area contributed by atoms with Gasteiger partial charge >= 0.3 is 5.97 Å². The first kappa shape index (κ1) is 24.0. The van der Waals surface area contributed by atoms with E-state index in [0.717, 1.165) is 5.56 Å². The Morgan fingerprint density at radius 1 is 1.09 bits per heavy atom. The molecule has 2 heterocycles. The van der Waals surface area contributed by atoms with Gasteiger partial charge < -0.3 is 23.7 Å². The van der Waals surface area contributed by atoms with Gasteiger partial charge in [-0.05, 0) is 12.1 Å². The summed E-state index contributed by atoms with van der Waals surface area (Å²) in [6.07, 6.45) is -0.893. The Balaban J connectivity index is 1.61. The van der Waals surface area contributed by atoms with Crippen LogP contribution in [0.3, 0.4) is 0 Å². The molecule has 0 radical (unpaired) electrons. The summed E-state index contributed by atoms with van der Waals surface area (Å²) in [6, 6.07) is 18.7. The van der Waals surface area contributed by atoms with E-state index in [4.69, 9.17) is 23.7 Å². The second kappa shape index (κ2) is 11.3. The molecule has 0 spiro atoms. The largest absolute Gasteiger partial charge is 0.452 e. The average molecular weight is 471 g/mol. The molecule has 0 bridgehead atoms. The summed E-state index contributed by atoms with van der Waals surface area (Å²) in [4.78, 5) is 13.0. The SMILES string of the molecule is C=CCO[C@H]1[C@H]2O[C@H](c3ccccc3)OC[C@H]2O[C@@H](SC(C)C)[C@@H]1OC(=O)c1ccccc1. The average Bonchev–Trinajstić information content (AvgIpc) is 2.84. The second-order valence-electron chi connectivity index (χ2n) is 8.23. The van der Waals surface area contributed by atoms with Gasteiger partial charge in [0.05, 0.1) is 18.8 Å². The minimum absolute atomic E-state index is 0.257. The maximum atomic E-state index is 13.0. The van der Waals surface area contributed by atoms with Crippen LogP contribution in [0.1, 0.15) is 36.1 Å². The molecule has 0 aromatic heterocycles. The van der Waals surface area contributed by atoms with E-state index in [1.807, 2.05) is 48.5 Å². The molecule has 2 aromatic rings. The number of ether oxygens (including phenoxy) is 5. The fourth-order valence-electron chi connectivity index (χ4n) is 3.96. The molecule has 33 heavy (non-hydrogen) atoms. The summed E-state index contributed by atoms with van der Waals surface area (Å²) in [5, 5.41) is 0.257. The fraction of sp³-hybridized carbons (Fsp3) is 0.423. The van der Waals surface area contributed by atoms with Crippen molar-refractivity contribution in [3.05, 3.63) is 84.4 Å². The first-order valence-electron chi connectivity index (χ1n) is 11.2. The number of esters is 1. The third-order valence-electron chi connectivity index (χ3n) is 5.42. The Hall–Kier alpha value is -2.16. The topological polar surface area (TPSA) is 63.2 Å². The number of hydrogen-bond donors (Lipinski definition) is 0. The summed E-state index contributed by atoms with van der Waals surface area (Å²) in [6.45, 7) is 8.59. The van der Waals surface area contributed by atoms with Gasteiger partial charge in [-0.1, -0.05) is 68.5 Å². The molecule has 0 aliphatic carbocycles. The van der Waals surface area contributed by atoms with Gasteiger partial charge in [0, 0.05) is 10.8 Å². The Labute approximate surface area is 199 Å². The zero-order chi connectivity index (χ0) is 23.2. The lowest BCUT2D eigenvalue weighted by atomic mass is 9.98. The van der Waals surface area contributed by atoms with Crippen LogP contribution in [0.4, 0.5) is 0 Å². The van der Waals surface area contributed by atoms with E-state index >= 15 is 0 Å². The quantitative estimate of drug-likeness (QED) is 0.407. The highest BCUT2D eigenvalue weighted by atomic mass is 32.2. The van der Waals surface area contributed by atoms with Crippen LogP contribution in [0.5, 0.6) is 0 Å². The Morgan fingerprint density at radius 2 is 1.79 bits per heavy atom. The van der Waals surface area contributed by atoms with Crippen molar-refractivity contribution >= 4 is 17.7 Å². The molecular formula is C26H30O6S. The van der Waals surface area contributed by atoms with Crippen LogP contribution in [0.2, 0.25) is 0 Å². The van der Waals surface area contributed by atoms with Crippen molar-refractivity contribution in [2.45, 2.75) is 55.2 Å². The van der Waals surface area contributed by atoms with Crippen molar-refractivity contribution in [1.29, 1.82) is 0 Å². The molecule has 2 saturated heterocycles. The molecule has 0 saturated carbocycles. The lowest BCUT2D eigenvalue weighted by Gasteiger charge is -2.48. The van der Waals surface area contributed by atoms with E-state index in [1.54, 1.807) is 30.0 Å². The van der Waals surface area contributed by atoms with Crippen molar-refractivity contribution in [2.24, 2.45) is 0 Å². The first-order valence-corrected chi connectivity index (χ1v) is 12.1. The van der Waals surface area contributed by atoms with Crippen LogP contribution < -0.4 is 0 Å². The summed E-state index contributed by atoms with van der Waals surface area (Å²) < 4.78 is 30.9. The normalized spacial score (nSPS) is 29.3. The second-order valence-corrected chi connectivity index (χ2v) is 9.91. The maximum Gasteiger partial charge on any atom is 0.338 e. The van der Waals surface area contributed by atoms with Gasteiger partial charge in [-0.15, -0.1) is 18.3 Å². The molecule has 0 amide bonds. The summed E-state index contributed by atoms with van der Waals surface area (Å²) in [5.74, 6) is -0.420. The Morgan fingerprint density at radius 3 is 2.45 bits per heavy atom. The standard InChI is InChI=1S/C26H30O6S/c1-4-15-28-22-21-20(16-29-25(32-21)19-13-9-6-10-14-19)30-26(33-17(2)3)23(22)31-24(27)18-11-7-5-8-12-18/h4-14,17,20-23,25-26H,1,15-16H2,2-3H3/t20-,21+,22+,23-,25-,26+/m1/s1. The van der Waals surface area contributed by atoms with Crippen LogP contribution in [0, 0.1) is 0 Å². The van der Waals surface area contributed by atoms with E-state index in [9.17, 15) is 4.79 Å². The predicted molar refractivity (Wildman–Crippen MR) is 127 cm³/mol. The van der Waals surface area contributed by atoms with Crippen molar-refractivity contribution in [3.8, 4) is 0 Å². The minimum Gasteiger partial charge on any atom is -0.452 e. The number of fused-ring (bicyclic) bond motifs is 1. The van der Waals surface area contributed by atoms with E-state index in [0.29, 0.717) is 18.8 Å². The molecular weight excluding hydrogens is 440 g/mol. The molecule has 0 N–H and O–H groups in total. The summed E-state index contributed by atoms with van der Waals surface area (Å²) in [7, 11) is 0. The maximum absolute atomic E-state index is 13.0. The Bertz CT molecular complexity index is 906. The zero-order valence-electron chi connectivity index (χ0n) is 18.9. The number of hydrogen-bond acceptors (Lipinski definition) is 7. The van der Waals surface area contributed by atoms with Gasteiger partial charge in [0.2, 0.25) is 0 Å². The number of benzene rings is 2. The molecule has 4 rings (SSSR count). The van der Waals surface area contributed by atoms with Crippen molar-refractivity contribution < 1.29 is 28.5 Å². The van der Waals surface area contributed by atoms with Crippen molar-refractivity contribution in [3.63, 3.8) is 0 Å². The molecule has 2 aliphatic heterocycles. The Kier molecular flexibility index (Phi) is 8.22. The highest BCUT2D eigenvalue weighted by molar-refractivity contribution is 8.00. The third-order valence-corrected chi connectivity index (χ3v) is 6.61. The van der Waals surface area contributed by atoms with E-state index in [1.165, 1.54) is 0 Å². The molecule has 0 unspecified atom stereocenters. The van der Waals surface area contributed by atoms with Crippen LogP contribution in [-0.2, 0) is 23.7 Å². The molecule has 2 aliphatic rings. The highest BCUT2D eigenvalue weighted by Gasteiger charge is 2.52. The molecule has 2 fully saturated rings. The van der Waals surface area contributed by atoms with E-state index in [-0.39, 0.29) is 11.4 Å². The van der Waals surface area contributed by atoms with Crippen LogP contribution in [0.15, 0.2) is 73.3 Å². The molecule has 7 heteroatoms. The van der Waals surface area contributed by atoms with Crippen molar-refractivity contribution in [1.82, 2.24) is 0 Å². The van der Waals surface area contributed by atoms with Crippen LogP contribution in [-0.4, -0.2) is 54.3 Å². The highest BCUT2D eigenvalue weighted by Crippen LogP contribution is 2.40.